The first-order valence-corrected chi connectivity index (χ1v) is 9.42. The minimum Gasteiger partial charge on any atom is -0.330 e. The fourth-order valence-corrected chi connectivity index (χ4v) is 2.49. The van der Waals surface area contributed by atoms with E-state index in [2.05, 4.69) is 31.2 Å². The second kappa shape index (κ2) is 19.4. The quantitative estimate of drug-likeness (QED) is 0.254. The van der Waals surface area contributed by atoms with Gasteiger partial charge in [0.2, 0.25) is 0 Å². The first kappa shape index (κ1) is 20.4. The van der Waals surface area contributed by atoms with Crippen LogP contribution >= 0.6 is 0 Å². The molecule has 0 atom stereocenters. The highest BCUT2D eigenvalue weighted by Gasteiger charge is 1.91. The number of allylic oxidation sites excluding steroid dienone is 4. The Labute approximate surface area is 134 Å². The summed E-state index contributed by atoms with van der Waals surface area (Å²) in [5.41, 5.74) is 5.48. The smallest absolute Gasteiger partial charge is 0.00773 e. The van der Waals surface area contributed by atoms with Gasteiger partial charge in [-0.1, -0.05) is 82.6 Å². The lowest BCUT2D eigenvalue weighted by atomic mass is 10.1. The molecule has 0 aromatic carbocycles. The summed E-state index contributed by atoms with van der Waals surface area (Å²) in [6, 6.07) is 0. The first-order chi connectivity index (χ1) is 10.4. The van der Waals surface area contributed by atoms with Gasteiger partial charge < -0.3 is 5.73 Å². The summed E-state index contributed by atoms with van der Waals surface area (Å²) in [6.07, 6.45) is 27.9. The van der Waals surface area contributed by atoms with Crippen molar-refractivity contribution in [2.75, 3.05) is 6.54 Å². The molecule has 21 heavy (non-hydrogen) atoms. The van der Waals surface area contributed by atoms with Gasteiger partial charge in [-0.2, -0.15) is 0 Å². The third kappa shape index (κ3) is 19.4. The van der Waals surface area contributed by atoms with Crippen molar-refractivity contribution in [1.29, 1.82) is 0 Å². The molecule has 0 aliphatic rings. The number of unbranched alkanes of at least 4 members (excludes halogenated alkanes) is 11. The van der Waals surface area contributed by atoms with Crippen LogP contribution in [0.2, 0.25) is 0 Å². The van der Waals surface area contributed by atoms with E-state index in [9.17, 15) is 0 Å². The SMILES string of the molecule is CCCCC/C=C\C/C=C\CCCCCCCCCCN. The number of rotatable bonds is 16. The number of hydrogen-bond acceptors (Lipinski definition) is 1. The maximum atomic E-state index is 5.48. The fourth-order valence-electron chi connectivity index (χ4n) is 2.49. The molecule has 1 nitrogen and oxygen atoms in total. The number of hydrogen-bond donors (Lipinski definition) is 1. The van der Waals surface area contributed by atoms with Gasteiger partial charge in [0.1, 0.15) is 0 Å². The first-order valence-electron chi connectivity index (χ1n) is 9.42. The second-order valence-electron chi connectivity index (χ2n) is 6.08. The molecule has 0 amide bonds. The van der Waals surface area contributed by atoms with Crippen LogP contribution in [-0.4, -0.2) is 6.54 Å². The van der Waals surface area contributed by atoms with E-state index >= 15 is 0 Å². The van der Waals surface area contributed by atoms with Gasteiger partial charge in [0.15, 0.2) is 0 Å². The van der Waals surface area contributed by atoms with Gasteiger partial charge in [0.25, 0.3) is 0 Å². The predicted octanol–water partition coefficient (Wildman–Crippen LogP) is 6.54. The Hall–Kier alpha value is -0.560. The zero-order valence-corrected chi connectivity index (χ0v) is 14.5. The van der Waals surface area contributed by atoms with Crippen molar-refractivity contribution in [2.45, 2.75) is 96.8 Å². The molecule has 0 aromatic rings. The van der Waals surface area contributed by atoms with Crippen molar-refractivity contribution in [3.8, 4) is 0 Å². The number of nitrogens with two attached hydrogens (primary N) is 1. The van der Waals surface area contributed by atoms with Crippen molar-refractivity contribution >= 4 is 0 Å². The van der Waals surface area contributed by atoms with Crippen LogP contribution in [0.4, 0.5) is 0 Å². The highest BCUT2D eigenvalue weighted by atomic mass is 14.5. The highest BCUT2D eigenvalue weighted by molar-refractivity contribution is 4.92. The molecule has 0 saturated carbocycles. The molecule has 0 bridgehead atoms. The van der Waals surface area contributed by atoms with E-state index in [0.717, 1.165) is 13.0 Å². The lowest BCUT2D eigenvalue weighted by Crippen LogP contribution is -1.97. The van der Waals surface area contributed by atoms with Crippen LogP contribution in [0.25, 0.3) is 0 Å². The lowest BCUT2D eigenvalue weighted by Gasteiger charge is -2.00. The highest BCUT2D eigenvalue weighted by Crippen LogP contribution is 2.09. The average Bonchev–Trinajstić information content (AvgIpc) is 2.50. The van der Waals surface area contributed by atoms with E-state index < -0.39 is 0 Å². The van der Waals surface area contributed by atoms with E-state index in [0.29, 0.717) is 0 Å². The molecule has 0 unspecified atom stereocenters. The molecule has 0 rings (SSSR count). The molecular weight excluding hydrogens is 254 g/mol. The maximum absolute atomic E-state index is 5.48. The molecule has 0 radical (unpaired) electrons. The van der Waals surface area contributed by atoms with Gasteiger partial charge >= 0.3 is 0 Å². The van der Waals surface area contributed by atoms with Gasteiger partial charge in [0.05, 0.1) is 0 Å². The van der Waals surface area contributed by atoms with Crippen LogP contribution in [0.3, 0.4) is 0 Å². The van der Waals surface area contributed by atoms with E-state index in [1.54, 1.807) is 0 Å². The summed E-state index contributed by atoms with van der Waals surface area (Å²) >= 11 is 0. The molecule has 1 heteroatoms. The summed E-state index contributed by atoms with van der Waals surface area (Å²) in [5.74, 6) is 0. The zero-order valence-electron chi connectivity index (χ0n) is 14.5. The summed E-state index contributed by atoms with van der Waals surface area (Å²) in [6.45, 7) is 3.12. The third-order valence-electron chi connectivity index (χ3n) is 3.90. The Kier molecular flexibility index (Phi) is 18.9. The standard InChI is InChI=1S/C20H39N/c1-2-3-4-5-6-7-8-9-10-11-12-13-14-15-16-17-18-19-20-21/h6-7,9-10H,2-5,8,11-21H2,1H3/b7-6-,10-9-. The third-order valence-corrected chi connectivity index (χ3v) is 3.90. The van der Waals surface area contributed by atoms with Gasteiger partial charge in [-0.15, -0.1) is 0 Å². The molecule has 0 aliphatic carbocycles. The van der Waals surface area contributed by atoms with E-state index in [-0.39, 0.29) is 0 Å². The minimum atomic E-state index is 0.861. The molecule has 0 aromatic heterocycles. The Morgan fingerprint density at radius 3 is 1.57 bits per heavy atom. The lowest BCUT2D eigenvalue weighted by molar-refractivity contribution is 0.571. The van der Waals surface area contributed by atoms with Gasteiger partial charge in [-0.25, -0.2) is 0 Å². The Morgan fingerprint density at radius 2 is 1.05 bits per heavy atom. The molecule has 0 aliphatic heterocycles. The predicted molar refractivity (Wildman–Crippen MR) is 97.6 cm³/mol. The molecule has 0 fully saturated rings. The average molecular weight is 294 g/mol. The van der Waals surface area contributed by atoms with E-state index in [4.69, 9.17) is 5.73 Å². The molecule has 124 valence electrons. The summed E-state index contributed by atoms with van der Waals surface area (Å²) in [7, 11) is 0. The Bertz CT molecular complexity index is 230. The van der Waals surface area contributed by atoms with Crippen LogP contribution in [0, 0.1) is 0 Å². The van der Waals surface area contributed by atoms with Crippen LogP contribution < -0.4 is 5.73 Å². The van der Waals surface area contributed by atoms with Crippen molar-refractivity contribution in [1.82, 2.24) is 0 Å². The normalized spacial score (nSPS) is 11.9. The topological polar surface area (TPSA) is 26.0 Å². The van der Waals surface area contributed by atoms with E-state index in [1.165, 1.54) is 83.5 Å². The van der Waals surface area contributed by atoms with Crippen molar-refractivity contribution < 1.29 is 0 Å². The molecule has 0 spiro atoms. The Morgan fingerprint density at radius 1 is 0.571 bits per heavy atom. The monoisotopic (exact) mass is 293 g/mol. The fraction of sp³-hybridized carbons (Fsp3) is 0.800. The van der Waals surface area contributed by atoms with E-state index in [1.807, 2.05) is 0 Å². The van der Waals surface area contributed by atoms with Crippen molar-refractivity contribution in [3.63, 3.8) is 0 Å². The van der Waals surface area contributed by atoms with Crippen LogP contribution in [0.15, 0.2) is 24.3 Å². The molecule has 2 N–H and O–H groups in total. The molecule has 0 saturated heterocycles. The van der Waals surface area contributed by atoms with Gasteiger partial charge in [-0.05, 0) is 45.1 Å². The maximum Gasteiger partial charge on any atom is -0.00773 e. The largest absolute Gasteiger partial charge is 0.330 e. The minimum absolute atomic E-state index is 0.861. The summed E-state index contributed by atoms with van der Waals surface area (Å²) < 4.78 is 0. The van der Waals surface area contributed by atoms with Gasteiger partial charge in [0, 0.05) is 0 Å². The van der Waals surface area contributed by atoms with Crippen LogP contribution in [0.5, 0.6) is 0 Å². The van der Waals surface area contributed by atoms with Crippen LogP contribution in [-0.2, 0) is 0 Å². The van der Waals surface area contributed by atoms with Gasteiger partial charge in [-0.3, -0.25) is 0 Å². The van der Waals surface area contributed by atoms with Crippen molar-refractivity contribution in [3.05, 3.63) is 24.3 Å². The summed E-state index contributed by atoms with van der Waals surface area (Å²) in [5, 5.41) is 0. The second-order valence-corrected chi connectivity index (χ2v) is 6.08. The zero-order chi connectivity index (χ0) is 15.4. The van der Waals surface area contributed by atoms with Crippen LogP contribution in [0.1, 0.15) is 96.8 Å². The molecular formula is C20H39N. The summed E-state index contributed by atoms with van der Waals surface area (Å²) in [4.78, 5) is 0. The Balaban J connectivity index is 3.11. The molecule has 0 heterocycles. The van der Waals surface area contributed by atoms with Crippen molar-refractivity contribution in [2.24, 2.45) is 5.73 Å².